The van der Waals surface area contributed by atoms with Crippen molar-refractivity contribution >= 4 is 45.9 Å². The number of nitrogens with zero attached hydrogens (tertiary/aromatic N) is 1. The quantitative estimate of drug-likeness (QED) is 0.370. The van der Waals surface area contributed by atoms with Crippen LogP contribution >= 0.6 is 39.9 Å². The fourth-order valence-corrected chi connectivity index (χ4v) is 1.84. The van der Waals surface area contributed by atoms with E-state index in [9.17, 15) is 5.11 Å². The maximum Gasteiger partial charge on any atom is 0.189 e. The SMILES string of the molecule is COCC(C)NC(N)=NCc1ccc(O)c(Br)c1.I. The zero-order valence-electron chi connectivity index (χ0n) is 10.9. The van der Waals surface area contributed by atoms with Crippen LogP contribution in [0.3, 0.4) is 0 Å². The number of aromatic hydroxyl groups is 1. The van der Waals surface area contributed by atoms with Crippen molar-refractivity contribution in [2.45, 2.75) is 19.5 Å². The minimum absolute atomic E-state index is 0. The van der Waals surface area contributed by atoms with Crippen LogP contribution in [0.2, 0.25) is 0 Å². The third kappa shape index (κ3) is 6.98. The van der Waals surface area contributed by atoms with Crippen molar-refractivity contribution in [3.63, 3.8) is 0 Å². The molecule has 0 amide bonds. The molecule has 1 unspecified atom stereocenters. The Bertz CT molecular complexity index is 429. The minimum atomic E-state index is 0. The van der Waals surface area contributed by atoms with Gasteiger partial charge in [0.15, 0.2) is 5.96 Å². The highest BCUT2D eigenvalue weighted by Crippen LogP contribution is 2.24. The van der Waals surface area contributed by atoms with Gasteiger partial charge in [-0.1, -0.05) is 6.07 Å². The Morgan fingerprint density at radius 1 is 1.58 bits per heavy atom. The number of rotatable bonds is 5. The molecule has 1 aromatic rings. The summed E-state index contributed by atoms with van der Waals surface area (Å²) in [5, 5.41) is 12.4. The summed E-state index contributed by atoms with van der Waals surface area (Å²) in [6.45, 7) is 2.99. The highest BCUT2D eigenvalue weighted by Gasteiger charge is 2.02. The summed E-state index contributed by atoms with van der Waals surface area (Å²) < 4.78 is 5.64. The third-order valence-corrected chi connectivity index (χ3v) is 2.89. The van der Waals surface area contributed by atoms with Gasteiger partial charge in [0.1, 0.15) is 5.75 Å². The topological polar surface area (TPSA) is 79.9 Å². The Balaban J connectivity index is 0.00000324. The van der Waals surface area contributed by atoms with Gasteiger partial charge in [0.2, 0.25) is 0 Å². The predicted octanol–water partition coefficient (Wildman–Crippen LogP) is 2.21. The fourth-order valence-electron chi connectivity index (χ4n) is 1.41. The number of phenolic OH excluding ortho intramolecular Hbond substituents is 1. The van der Waals surface area contributed by atoms with E-state index in [0.717, 1.165) is 5.56 Å². The van der Waals surface area contributed by atoms with Gasteiger partial charge in [-0.3, -0.25) is 0 Å². The van der Waals surface area contributed by atoms with Gasteiger partial charge in [-0.25, -0.2) is 4.99 Å². The van der Waals surface area contributed by atoms with Crippen LogP contribution in [0.5, 0.6) is 5.75 Å². The van der Waals surface area contributed by atoms with Gasteiger partial charge in [-0.05, 0) is 40.5 Å². The number of hydrogen-bond acceptors (Lipinski definition) is 3. The lowest BCUT2D eigenvalue weighted by Gasteiger charge is -2.13. The number of benzene rings is 1. The van der Waals surface area contributed by atoms with Crippen molar-refractivity contribution in [2.24, 2.45) is 10.7 Å². The molecule has 4 N–H and O–H groups in total. The molecule has 5 nitrogen and oxygen atoms in total. The summed E-state index contributed by atoms with van der Waals surface area (Å²) in [4.78, 5) is 4.21. The van der Waals surface area contributed by atoms with E-state index in [4.69, 9.17) is 10.5 Å². The molecule has 108 valence electrons. The van der Waals surface area contributed by atoms with E-state index in [2.05, 4.69) is 26.2 Å². The molecule has 1 rings (SSSR count). The Labute approximate surface area is 138 Å². The van der Waals surface area contributed by atoms with Gasteiger partial charge in [0, 0.05) is 13.2 Å². The number of halogens is 2. The number of hydrogen-bond donors (Lipinski definition) is 3. The molecule has 0 fully saturated rings. The minimum Gasteiger partial charge on any atom is -0.507 e. The zero-order valence-corrected chi connectivity index (χ0v) is 14.8. The third-order valence-electron chi connectivity index (χ3n) is 2.26. The number of aliphatic imine (C=N–C) groups is 1. The fraction of sp³-hybridized carbons (Fsp3) is 0.417. The van der Waals surface area contributed by atoms with Gasteiger partial charge in [0.25, 0.3) is 0 Å². The van der Waals surface area contributed by atoms with E-state index in [-0.39, 0.29) is 35.8 Å². The van der Waals surface area contributed by atoms with Crippen LogP contribution in [0.4, 0.5) is 0 Å². The number of methoxy groups -OCH3 is 1. The molecule has 0 aliphatic rings. The summed E-state index contributed by atoms with van der Waals surface area (Å²) in [5.74, 6) is 0.589. The second-order valence-electron chi connectivity index (χ2n) is 3.99. The summed E-state index contributed by atoms with van der Waals surface area (Å²) >= 11 is 3.25. The lowest BCUT2D eigenvalue weighted by atomic mass is 10.2. The van der Waals surface area contributed by atoms with E-state index in [1.165, 1.54) is 0 Å². The maximum absolute atomic E-state index is 9.37. The lowest BCUT2D eigenvalue weighted by molar-refractivity contribution is 0.179. The molecule has 19 heavy (non-hydrogen) atoms. The molecule has 0 aliphatic heterocycles. The molecule has 0 spiro atoms. The molecule has 0 saturated carbocycles. The first-order valence-electron chi connectivity index (χ1n) is 5.55. The number of nitrogens with one attached hydrogen (secondary N) is 1. The van der Waals surface area contributed by atoms with Crippen LogP contribution in [-0.2, 0) is 11.3 Å². The van der Waals surface area contributed by atoms with Crippen LogP contribution in [0.15, 0.2) is 27.7 Å². The van der Waals surface area contributed by atoms with Crippen molar-refractivity contribution in [2.75, 3.05) is 13.7 Å². The molecule has 1 atom stereocenters. The maximum atomic E-state index is 9.37. The molecule has 7 heteroatoms. The van der Waals surface area contributed by atoms with Crippen molar-refractivity contribution in [1.29, 1.82) is 0 Å². The number of nitrogens with two attached hydrogens (primary N) is 1. The van der Waals surface area contributed by atoms with Gasteiger partial charge in [0.05, 0.1) is 17.6 Å². The number of phenols is 1. The molecule has 0 bridgehead atoms. The molecular weight excluding hydrogens is 425 g/mol. The van der Waals surface area contributed by atoms with E-state index < -0.39 is 0 Å². The summed E-state index contributed by atoms with van der Waals surface area (Å²) in [6, 6.07) is 5.34. The molecule has 0 saturated heterocycles. The molecule has 0 aliphatic carbocycles. The number of guanidine groups is 1. The van der Waals surface area contributed by atoms with E-state index in [1.807, 2.05) is 13.0 Å². The molecule has 0 radical (unpaired) electrons. The highest BCUT2D eigenvalue weighted by atomic mass is 127. The van der Waals surface area contributed by atoms with Crippen molar-refractivity contribution in [1.82, 2.24) is 5.32 Å². The van der Waals surface area contributed by atoms with E-state index >= 15 is 0 Å². The Kier molecular flexibility index (Phi) is 9.11. The Morgan fingerprint density at radius 2 is 2.26 bits per heavy atom. The van der Waals surface area contributed by atoms with Gasteiger partial charge in [-0.15, -0.1) is 24.0 Å². The van der Waals surface area contributed by atoms with Crippen LogP contribution in [0.1, 0.15) is 12.5 Å². The highest BCUT2D eigenvalue weighted by molar-refractivity contribution is 14.0. The second-order valence-corrected chi connectivity index (χ2v) is 4.84. The van der Waals surface area contributed by atoms with Crippen LogP contribution < -0.4 is 11.1 Å². The zero-order chi connectivity index (χ0) is 13.5. The average Bonchev–Trinajstić information content (AvgIpc) is 2.31. The smallest absolute Gasteiger partial charge is 0.189 e. The van der Waals surface area contributed by atoms with Gasteiger partial charge >= 0.3 is 0 Å². The molecule has 0 heterocycles. The normalized spacial score (nSPS) is 12.7. The van der Waals surface area contributed by atoms with Gasteiger partial charge in [-0.2, -0.15) is 0 Å². The standard InChI is InChI=1S/C12H18BrN3O2.HI/c1-8(7-18-2)16-12(14)15-6-9-3-4-11(17)10(13)5-9;/h3-5,8,17H,6-7H2,1-2H3,(H3,14,15,16);1H. The second kappa shape index (κ2) is 9.38. The molecule has 1 aromatic carbocycles. The first-order chi connectivity index (χ1) is 8.52. The van der Waals surface area contributed by atoms with Gasteiger partial charge < -0.3 is 20.9 Å². The van der Waals surface area contributed by atoms with Crippen LogP contribution in [0, 0.1) is 0 Å². The monoisotopic (exact) mass is 443 g/mol. The Hall–Kier alpha value is -0.540. The lowest BCUT2D eigenvalue weighted by Crippen LogP contribution is -2.40. The van der Waals surface area contributed by atoms with Crippen LogP contribution in [-0.4, -0.2) is 30.8 Å². The summed E-state index contributed by atoms with van der Waals surface area (Å²) in [6.07, 6.45) is 0. The average molecular weight is 444 g/mol. The predicted molar refractivity (Wildman–Crippen MR) is 91.0 cm³/mol. The Morgan fingerprint density at radius 3 is 2.84 bits per heavy atom. The van der Waals surface area contributed by atoms with E-state index in [1.54, 1.807) is 19.2 Å². The molecular formula is C12H19BrIN3O2. The van der Waals surface area contributed by atoms with Crippen molar-refractivity contribution < 1.29 is 9.84 Å². The molecule has 0 aromatic heterocycles. The van der Waals surface area contributed by atoms with Crippen molar-refractivity contribution in [3.05, 3.63) is 28.2 Å². The number of ether oxygens (including phenoxy) is 1. The van der Waals surface area contributed by atoms with E-state index in [0.29, 0.717) is 23.6 Å². The first-order valence-corrected chi connectivity index (χ1v) is 6.35. The largest absolute Gasteiger partial charge is 0.507 e. The van der Waals surface area contributed by atoms with Crippen LogP contribution in [0.25, 0.3) is 0 Å². The first kappa shape index (κ1) is 18.5. The van der Waals surface area contributed by atoms with Crippen molar-refractivity contribution in [3.8, 4) is 5.75 Å². The summed E-state index contributed by atoms with van der Waals surface area (Å²) in [7, 11) is 1.64. The summed E-state index contributed by atoms with van der Waals surface area (Å²) in [5.41, 5.74) is 6.70.